The summed E-state index contributed by atoms with van der Waals surface area (Å²) >= 11 is 0. The monoisotopic (exact) mass is 893 g/mol. The van der Waals surface area contributed by atoms with Gasteiger partial charge in [0.2, 0.25) is 11.8 Å². The van der Waals surface area contributed by atoms with E-state index in [0.29, 0.717) is 36.1 Å². The van der Waals surface area contributed by atoms with Gasteiger partial charge in [-0.1, -0.05) is 124 Å². The second-order valence-corrected chi connectivity index (χ2v) is 23.1. The molecule has 0 saturated carbocycles. The molecule has 1 aromatic heterocycles. The van der Waals surface area contributed by atoms with Gasteiger partial charge in [-0.25, -0.2) is 4.39 Å². The molecule has 2 saturated heterocycles. The van der Waals surface area contributed by atoms with Crippen molar-refractivity contribution in [2.45, 2.75) is 76.6 Å². The van der Waals surface area contributed by atoms with Gasteiger partial charge < -0.3 is 19.7 Å². The molecule has 0 spiro atoms. The average Bonchev–Trinajstić information content (AvgIpc) is 3.57. The number of imide groups is 1. The van der Waals surface area contributed by atoms with Gasteiger partial charge in [-0.2, -0.15) is 0 Å². The molecule has 9 nitrogen and oxygen atoms in total. The van der Waals surface area contributed by atoms with Crippen molar-refractivity contribution < 1.29 is 33.7 Å². The third kappa shape index (κ3) is 9.57. The molecule has 3 aliphatic rings. The van der Waals surface area contributed by atoms with Crippen LogP contribution in [0.1, 0.15) is 69.7 Å². The van der Waals surface area contributed by atoms with E-state index in [1.807, 2.05) is 66.7 Å². The van der Waals surface area contributed by atoms with Crippen molar-refractivity contribution in [3.63, 3.8) is 0 Å². The zero-order chi connectivity index (χ0) is 45.7. The van der Waals surface area contributed by atoms with E-state index in [1.54, 1.807) is 24.4 Å². The second-order valence-electron chi connectivity index (χ2n) is 18.8. The Morgan fingerprint density at radius 2 is 1.51 bits per heavy atom. The van der Waals surface area contributed by atoms with E-state index in [4.69, 9.17) is 4.43 Å². The number of aliphatic hydroxyl groups excluding tert-OH is 2. The van der Waals surface area contributed by atoms with Crippen molar-refractivity contribution in [3.8, 4) is 5.75 Å². The highest BCUT2D eigenvalue weighted by molar-refractivity contribution is 6.99. The van der Waals surface area contributed by atoms with E-state index in [-0.39, 0.29) is 42.3 Å². The number of piperidine rings is 1. The molecule has 11 heteroatoms. The molecule has 3 heterocycles. The zero-order valence-corrected chi connectivity index (χ0v) is 38.5. The number of hydrogen-bond donors (Lipinski definition) is 3. The number of aromatic hydroxyl groups is 1. The Kier molecular flexibility index (Phi) is 14.1. The van der Waals surface area contributed by atoms with Crippen LogP contribution in [0.2, 0.25) is 5.04 Å². The lowest BCUT2D eigenvalue weighted by Gasteiger charge is -2.44. The number of phenolic OH excluding ortho intramolecular Hbond substituents is 1. The summed E-state index contributed by atoms with van der Waals surface area (Å²) in [6.45, 7) is 8.55. The molecular formula is C54H60FN3O6Si. The van der Waals surface area contributed by atoms with Crippen LogP contribution in [-0.2, 0) is 20.6 Å². The van der Waals surface area contributed by atoms with E-state index >= 15 is 0 Å². The maximum Gasteiger partial charge on any atom is 0.261 e. The number of amides is 2. The fourth-order valence-electron chi connectivity index (χ4n) is 10.7. The van der Waals surface area contributed by atoms with Gasteiger partial charge in [0.1, 0.15) is 0 Å². The Labute approximate surface area is 383 Å². The summed E-state index contributed by atoms with van der Waals surface area (Å²) in [4.78, 5) is 38.0. The topological polar surface area (TPSA) is 123 Å². The number of hydrogen-bond acceptors (Lipinski definition) is 8. The summed E-state index contributed by atoms with van der Waals surface area (Å²) in [6.07, 6.45) is 4.36. The van der Waals surface area contributed by atoms with Gasteiger partial charge in [0.05, 0.1) is 36.8 Å². The number of allylic oxidation sites excluding steroid dienone is 1. The smallest absolute Gasteiger partial charge is 0.261 e. The highest BCUT2D eigenvalue weighted by atomic mass is 28.4. The normalized spacial score (nSPS) is 20.6. The number of phenols is 1. The first-order valence-electron chi connectivity index (χ1n) is 22.9. The van der Waals surface area contributed by atoms with Crippen LogP contribution >= 0.6 is 0 Å². The van der Waals surface area contributed by atoms with Gasteiger partial charge in [-0.05, 0) is 106 Å². The molecule has 65 heavy (non-hydrogen) atoms. The minimum absolute atomic E-state index is 0.0917. The molecule has 0 unspecified atom stereocenters. The quantitative estimate of drug-likeness (QED) is 0.0554. The zero-order valence-electron chi connectivity index (χ0n) is 37.5. The van der Waals surface area contributed by atoms with Crippen LogP contribution < -0.4 is 10.4 Å². The van der Waals surface area contributed by atoms with E-state index < -0.39 is 50.3 Å². The van der Waals surface area contributed by atoms with Gasteiger partial charge in [-0.15, -0.1) is 0 Å². The number of carbonyl (C=O) groups excluding carboxylic acids is 2. The molecule has 2 fully saturated rings. The van der Waals surface area contributed by atoms with Crippen LogP contribution in [0.3, 0.4) is 0 Å². The van der Waals surface area contributed by atoms with Crippen LogP contribution in [0.5, 0.6) is 5.75 Å². The lowest BCUT2D eigenvalue weighted by Crippen LogP contribution is -2.66. The third-order valence-electron chi connectivity index (χ3n) is 13.8. The maximum absolute atomic E-state index is 14.8. The largest absolute Gasteiger partial charge is 0.505 e. The standard InChI is InChI=1S/C54H60FN3O6Si/c1-54(2,3)65(42-17-9-5-10-18-42,43-19-11-6-12-20-43)64-36-40-33-44-51(53(63)58(52(44)62)41-26-29-57(30-27-41)34-37-15-7-4-8-16-37)45(35-59)50(40)49(61)25-23-39(47-21-13-14-28-56-47)31-38-22-24-48(60)46(55)32-38/h4-22,24,28,31-32,41,44-45,49,51,59-61H,23,25-27,29-30,33-36H2,1-3H3/b39-31-/t44-,45+,49-,51-/m1/s1. The van der Waals surface area contributed by atoms with Crippen molar-refractivity contribution in [2.75, 3.05) is 26.3 Å². The minimum atomic E-state index is -3.11. The molecule has 2 amide bonds. The first kappa shape index (κ1) is 46.0. The summed E-state index contributed by atoms with van der Waals surface area (Å²) in [5.74, 6) is -4.05. The highest BCUT2D eigenvalue weighted by Crippen LogP contribution is 2.48. The molecule has 0 radical (unpaired) electrons. The number of benzene rings is 4. The maximum atomic E-state index is 14.8. The van der Waals surface area contributed by atoms with Gasteiger partial charge in [0.15, 0.2) is 11.6 Å². The molecule has 2 aliphatic heterocycles. The fraction of sp³-hybridized carbons (Fsp3) is 0.352. The van der Waals surface area contributed by atoms with Gasteiger partial charge in [0, 0.05) is 37.8 Å². The predicted octanol–water partition coefficient (Wildman–Crippen LogP) is 7.76. The van der Waals surface area contributed by atoms with Crippen LogP contribution in [0, 0.1) is 23.6 Å². The SMILES string of the molecule is CC(C)(C)[Si](OCC1=C([C@H](O)CC/C(=C/c2ccc(O)c(F)c2)c2ccccn2)[C@H](CO)[C@@H]2C(=O)N(C3CCN(Cc4ccccc4)CC3)C(=O)[C@@H]2C1)(c1ccccc1)c1ccccc1. The summed E-state index contributed by atoms with van der Waals surface area (Å²) in [5.41, 5.74) is 4.38. The Bertz CT molecular complexity index is 2450. The first-order chi connectivity index (χ1) is 31.4. The third-order valence-corrected chi connectivity index (χ3v) is 18.8. The molecule has 4 aromatic carbocycles. The second kappa shape index (κ2) is 19.9. The molecular weight excluding hydrogens is 834 g/mol. The molecule has 1 aliphatic carbocycles. The molecule has 5 aromatic rings. The van der Waals surface area contributed by atoms with Crippen molar-refractivity contribution in [1.29, 1.82) is 0 Å². The van der Waals surface area contributed by atoms with E-state index in [1.165, 1.54) is 22.6 Å². The Balaban J connectivity index is 1.14. The van der Waals surface area contributed by atoms with E-state index in [2.05, 4.69) is 67.1 Å². The summed E-state index contributed by atoms with van der Waals surface area (Å²) in [7, 11) is -3.11. The predicted molar refractivity (Wildman–Crippen MR) is 255 cm³/mol. The molecule has 0 bridgehead atoms. The number of aliphatic hydroxyl groups is 2. The van der Waals surface area contributed by atoms with Crippen molar-refractivity contribution in [1.82, 2.24) is 14.8 Å². The lowest BCUT2D eigenvalue weighted by molar-refractivity contribution is -0.144. The number of pyridine rings is 1. The van der Waals surface area contributed by atoms with Crippen LogP contribution in [0.15, 0.2) is 145 Å². The van der Waals surface area contributed by atoms with Crippen molar-refractivity contribution in [2.24, 2.45) is 17.8 Å². The van der Waals surface area contributed by atoms with Gasteiger partial charge in [-0.3, -0.25) is 24.4 Å². The number of nitrogens with zero attached hydrogens (tertiary/aromatic N) is 3. The van der Waals surface area contributed by atoms with Gasteiger partial charge >= 0.3 is 0 Å². The summed E-state index contributed by atoms with van der Waals surface area (Å²) < 4.78 is 22.0. The molecule has 4 atom stereocenters. The Morgan fingerprint density at radius 3 is 2.09 bits per heavy atom. The van der Waals surface area contributed by atoms with E-state index in [9.17, 15) is 29.3 Å². The van der Waals surface area contributed by atoms with Gasteiger partial charge in [0.25, 0.3) is 8.32 Å². The van der Waals surface area contributed by atoms with Crippen LogP contribution in [-0.4, -0.2) is 88.7 Å². The van der Waals surface area contributed by atoms with Crippen LogP contribution in [0.4, 0.5) is 4.39 Å². The molecule has 338 valence electrons. The molecule has 8 rings (SSSR count). The molecule has 3 N–H and O–H groups in total. The number of aromatic nitrogens is 1. The van der Waals surface area contributed by atoms with Crippen molar-refractivity contribution >= 4 is 42.2 Å². The number of fused-ring (bicyclic) bond motifs is 1. The van der Waals surface area contributed by atoms with Crippen LogP contribution in [0.25, 0.3) is 11.6 Å². The van der Waals surface area contributed by atoms with Crippen molar-refractivity contribution in [3.05, 3.63) is 167 Å². The minimum Gasteiger partial charge on any atom is -0.505 e. The Morgan fingerprint density at radius 1 is 0.877 bits per heavy atom. The highest BCUT2D eigenvalue weighted by Gasteiger charge is 2.57. The number of rotatable bonds is 15. The number of carbonyl (C=O) groups is 2. The lowest BCUT2D eigenvalue weighted by atomic mass is 9.68. The average molecular weight is 894 g/mol. The number of halogens is 1. The fourth-order valence-corrected chi connectivity index (χ4v) is 15.2. The number of likely N-dealkylation sites (tertiary alicyclic amines) is 2. The van der Waals surface area contributed by atoms with E-state index in [0.717, 1.165) is 41.2 Å². The summed E-state index contributed by atoms with van der Waals surface area (Å²) in [5, 5.41) is 35.7. The summed E-state index contributed by atoms with van der Waals surface area (Å²) in [6, 6.07) is 40.3. The first-order valence-corrected chi connectivity index (χ1v) is 24.8. The Hall–Kier alpha value is -5.56.